The van der Waals surface area contributed by atoms with Crippen molar-refractivity contribution in [2.45, 2.75) is 44.2 Å². The van der Waals surface area contributed by atoms with Crippen molar-refractivity contribution in [1.29, 1.82) is 0 Å². The third-order valence-corrected chi connectivity index (χ3v) is 6.39. The second kappa shape index (κ2) is 8.70. The molecule has 0 saturated carbocycles. The van der Waals surface area contributed by atoms with Crippen LogP contribution in [0.25, 0.3) is 0 Å². The summed E-state index contributed by atoms with van der Waals surface area (Å²) in [6.45, 7) is 2.34. The van der Waals surface area contributed by atoms with Crippen LogP contribution in [0.3, 0.4) is 0 Å². The van der Waals surface area contributed by atoms with Crippen LogP contribution >= 0.6 is 0 Å². The van der Waals surface area contributed by atoms with Crippen LogP contribution in [0.1, 0.15) is 63.6 Å². The Morgan fingerprint density at radius 1 is 1.00 bits per heavy atom. The van der Waals surface area contributed by atoms with E-state index >= 15 is 0 Å². The molecule has 10 nitrogen and oxygen atoms in total. The Bertz CT molecular complexity index is 1140. The largest absolute Gasteiger partial charge is 0.350 e. The van der Waals surface area contributed by atoms with E-state index in [1.807, 2.05) is 6.07 Å². The summed E-state index contributed by atoms with van der Waals surface area (Å²) in [7, 11) is 0. The van der Waals surface area contributed by atoms with E-state index in [0.717, 1.165) is 42.1 Å². The molecule has 5 rings (SSSR count). The number of carbonyl (C=O) groups excluding carboxylic acids is 4. The maximum Gasteiger partial charge on any atom is 0.262 e. The van der Waals surface area contributed by atoms with Crippen LogP contribution in [0.2, 0.25) is 0 Å². The maximum atomic E-state index is 13.0. The standard InChI is InChI=1S/C23H24N6O4/c30-19-4-3-18(20(31)28-19)29-21(32)15-2-1-13(11-16(15)22(29)33)12-26-23-25-10-7-17(27-23)14-5-8-24-9-6-14/h1-2,7,10-11,14,18,24H,3-6,8-9,12H2,(H,25,26,27)(H,28,30,31). The molecule has 1 unspecified atom stereocenters. The molecule has 0 aliphatic carbocycles. The van der Waals surface area contributed by atoms with Gasteiger partial charge in [0.25, 0.3) is 11.8 Å². The lowest BCUT2D eigenvalue weighted by molar-refractivity contribution is -0.136. The predicted molar refractivity (Wildman–Crippen MR) is 117 cm³/mol. The molecule has 3 aliphatic heterocycles. The molecule has 1 aromatic carbocycles. The van der Waals surface area contributed by atoms with Gasteiger partial charge in [0, 0.05) is 30.8 Å². The zero-order valence-corrected chi connectivity index (χ0v) is 18.0. The van der Waals surface area contributed by atoms with Crippen molar-refractivity contribution in [3.05, 3.63) is 52.8 Å². The van der Waals surface area contributed by atoms with E-state index in [1.165, 1.54) is 0 Å². The molecule has 0 radical (unpaired) electrons. The second-order valence-corrected chi connectivity index (χ2v) is 8.51. The molecule has 4 heterocycles. The molecular weight excluding hydrogens is 424 g/mol. The molecular formula is C23H24N6O4. The Morgan fingerprint density at radius 3 is 2.58 bits per heavy atom. The van der Waals surface area contributed by atoms with Gasteiger partial charge in [-0.1, -0.05) is 6.07 Å². The van der Waals surface area contributed by atoms with Crippen LogP contribution < -0.4 is 16.0 Å². The zero-order valence-electron chi connectivity index (χ0n) is 18.0. The monoisotopic (exact) mass is 448 g/mol. The molecule has 1 aromatic heterocycles. The first kappa shape index (κ1) is 21.2. The molecule has 0 bridgehead atoms. The summed E-state index contributed by atoms with van der Waals surface area (Å²) in [5.74, 6) is -1.12. The van der Waals surface area contributed by atoms with Gasteiger partial charge >= 0.3 is 0 Å². The number of amides is 4. The Labute approximate surface area is 190 Å². The predicted octanol–water partition coefficient (Wildman–Crippen LogP) is 0.957. The summed E-state index contributed by atoms with van der Waals surface area (Å²) in [6, 6.07) is 6.00. The first-order valence-electron chi connectivity index (χ1n) is 11.1. The molecule has 2 saturated heterocycles. The number of hydrogen-bond donors (Lipinski definition) is 3. The van der Waals surface area contributed by atoms with Gasteiger partial charge in [0.05, 0.1) is 11.1 Å². The minimum Gasteiger partial charge on any atom is -0.350 e. The van der Waals surface area contributed by atoms with Crippen LogP contribution in [-0.2, 0) is 16.1 Å². The lowest BCUT2D eigenvalue weighted by Gasteiger charge is -2.27. The average molecular weight is 448 g/mol. The molecule has 1 atom stereocenters. The van der Waals surface area contributed by atoms with Crippen molar-refractivity contribution < 1.29 is 19.2 Å². The molecule has 170 valence electrons. The van der Waals surface area contributed by atoms with Crippen LogP contribution in [0.4, 0.5) is 5.95 Å². The van der Waals surface area contributed by atoms with E-state index in [-0.39, 0.29) is 24.0 Å². The number of imide groups is 2. The number of nitrogens with zero attached hydrogens (tertiary/aromatic N) is 3. The number of aromatic nitrogens is 2. The lowest BCUT2D eigenvalue weighted by Crippen LogP contribution is -2.54. The van der Waals surface area contributed by atoms with E-state index in [1.54, 1.807) is 24.4 Å². The summed E-state index contributed by atoms with van der Waals surface area (Å²) < 4.78 is 0. The van der Waals surface area contributed by atoms with Gasteiger partial charge in [-0.15, -0.1) is 0 Å². The highest BCUT2D eigenvalue weighted by atomic mass is 16.2. The van der Waals surface area contributed by atoms with E-state index in [0.29, 0.717) is 18.4 Å². The number of fused-ring (bicyclic) bond motifs is 1. The van der Waals surface area contributed by atoms with Crippen molar-refractivity contribution >= 4 is 29.6 Å². The maximum absolute atomic E-state index is 13.0. The van der Waals surface area contributed by atoms with Crippen LogP contribution in [-0.4, -0.2) is 57.6 Å². The molecule has 3 N–H and O–H groups in total. The summed E-state index contributed by atoms with van der Waals surface area (Å²) in [4.78, 5) is 59.3. The second-order valence-electron chi connectivity index (χ2n) is 8.51. The Morgan fingerprint density at radius 2 is 1.79 bits per heavy atom. The quantitative estimate of drug-likeness (QED) is 0.576. The van der Waals surface area contributed by atoms with Crippen LogP contribution in [0.15, 0.2) is 30.5 Å². The smallest absolute Gasteiger partial charge is 0.262 e. The highest BCUT2D eigenvalue weighted by Gasteiger charge is 2.44. The van der Waals surface area contributed by atoms with Crippen molar-refractivity contribution in [1.82, 2.24) is 25.5 Å². The number of piperidine rings is 2. The normalized spacial score (nSPS) is 21.2. The fourth-order valence-corrected chi connectivity index (χ4v) is 4.61. The van der Waals surface area contributed by atoms with E-state index < -0.39 is 29.7 Å². The third-order valence-electron chi connectivity index (χ3n) is 6.39. The minimum absolute atomic E-state index is 0.0927. The van der Waals surface area contributed by atoms with Gasteiger partial charge in [-0.05, 0) is 56.1 Å². The average Bonchev–Trinajstić information content (AvgIpc) is 3.08. The van der Waals surface area contributed by atoms with Crippen molar-refractivity contribution in [2.24, 2.45) is 0 Å². The SMILES string of the molecule is O=C1CCC(N2C(=O)c3ccc(CNc4nccc(C5CCNCC5)n4)cc3C2=O)C(=O)N1. The van der Waals surface area contributed by atoms with Crippen molar-refractivity contribution in [3.63, 3.8) is 0 Å². The van der Waals surface area contributed by atoms with Crippen LogP contribution in [0.5, 0.6) is 0 Å². The number of nitrogens with one attached hydrogen (secondary N) is 3. The molecule has 2 aromatic rings. The van der Waals surface area contributed by atoms with Gasteiger partial charge < -0.3 is 10.6 Å². The molecule has 0 spiro atoms. The molecule has 10 heteroatoms. The fourth-order valence-electron chi connectivity index (χ4n) is 4.61. The van der Waals surface area contributed by atoms with Gasteiger partial charge in [0.2, 0.25) is 17.8 Å². The third kappa shape index (κ3) is 4.09. The van der Waals surface area contributed by atoms with Gasteiger partial charge in [-0.25, -0.2) is 9.97 Å². The summed E-state index contributed by atoms with van der Waals surface area (Å²) in [6.07, 6.45) is 4.06. The minimum atomic E-state index is -0.970. The summed E-state index contributed by atoms with van der Waals surface area (Å²) in [5.41, 5.74) is 2.32. The Balaban J connectivity index is 1.29. The summed E-state index contributed by atoms with van der Waals surface area (Å²) in [5, 5.41) is 8.75. The highest BCUT2D eigenvalue weighted by Crippen LogP contribution is 2.29. The zero-order chi connectivity index (χ0) is 22.9. The van der Waals surface area contributed by atoms with Crippen molar-refractivity contribution in [3.8, 4) is 0 Å². The highest BCUT2D eigenvalue weighted by molar-refractivity contribution is 6.23. The number of hydrogen-bond acceptors (Lipinski definition) is 8. The van der Waals surface area contributed by atoms with Crippen LogP contribution in [0, 0.1) is 0 Å². The van der Waals surface area contributed by atoms with E-state index in [4.69, 9.17) is 0 Å². The Kier molecular flexibility index (Phi) is 5.59. The Hall–Kier alpha value is -3.66. The number of benzene rings is 1. The molecule has 2 fully saturated rings. The van der Waals surface area contributed by atoms with E-state index in [9.17, 15) is 19.2 Å². The van der Waals surface area contributed by atoms with Gasteiger partial charge in [0.1, 0.15) is 6.04 Å². The topological polar surface area (TPSA) is 133 Å². The van der Waals surface area contributed by atoms with Gasteiger partial charge in [-0.2, -0.15) is 0 Å². The molecule has 33 heavy (non-hydrogen) atoms. The number of carbonyl (C=O) groups is 4. The van der Waals surface area contributed by atoms with Crippen molar-refractivity contribution in [2.75, 3.05) is 18.4 Å². The fraction of sp³-hybridized carbons (Fsp3) is 0.391. The van der Waals surface area contributed by atoms with E-state index in [2.05, 4.69) is 25.9 Å². The van der Waals surface area contributed by atoms with Gasteiger partial charge in [-0.3, -0.25) is 29.4 Å². The molecule has 4 amide bonds. The first-order valence-corrected chi connectivity index (χ1v) is 11.1. The first-order chi connectivity index (χ1) is 16.0. The summed E-state index contributed by atoms with van der Waals surface area (Å²) >= 11 is 0. The number of rotatable bonds is 5. The van der Waals surface area contributed by atoms with Gasteiger partial charge in [0.15, 0.2) is 0 Å². The lowest BCUT2D eigenvalue weighted by atomic mass is 9.94. The molecule has 3 aliphatic rings. The number of anilines is 1.